The van der Waals surface area contributed by atoms with Crippen molar-refractivity contribution in [2.24, 2.45) is 0 Å². The number of piperidine rings is 1. The Kier molecular flexibility index (Phi) is 8.93. The molecule has 1 aliphatic carbocycles. The third-order valence-corrected chi connectivity index (χ3v) is 10.9. The number of aromatic nitrogens is 2. The third-order valence-electron chi connectivity index (χ3n) is 9.47. The highest BCUT2D eigenvalue weighted by atomic mass is 35.5. The van der Waals surface area contributed by atoms with Gasteiger partial charge in [0.15, 0.2) is 0 Å². The van der Waals surface area contributed by atoms with Crippen molar-refractivity contribution in [2.45, 2.75) is 55.3 Å². The Morgan fingerprint density at radius 2 is 1.76 bits per heavy atom. The first-order chi connectivity index (χ1) is 21.8. The molecule has 2 aromatic carbocycles. The Morgan fingerprint density at radius 1 is 0.978 bits per heavy atom. The summed E-state index contributed by atoms with van der Waals surface area (Å²) in [7, 11) is -2.49. The summed E-state index contributed by atoms with van der Waals surface area (Å²) >= 11 is 0. The quantitative estimate of drug-likeness (QED) is 0.209. The fourth-order valence-electron chi connectivity index (χ4n) is 6.95. The molecular weight excluding hydrogens is 629 g/mol. The van der Waals surface area contributed by atoms with Crippen LogP contribution in [0.25, 0.3) is 22.0 Å². The largest absolute Gasteiger partial charge is 0.476 e. The van der Waals surface area contributed by atoms with Crippen LogP contribution in [-0.4, -0.2) is 62.5 Å². The molecule has 2 aliphatic heterocycles. The minimum absolute atomic E-state index is 0. The molecule has 1 saturated heterocycles. The average molecular weight is 666 g/mol. The zero-order chi connectivity index (χ0) is 31.2. The van der Waals surface area contributed by atoms with Crippen molar-refractivity contribution in [1.82, 2.24) is 14.9 Å². The van der Waals surface area contributed by atoms with Gasteiger partial charge in [0.1, 0.15) is 16.4 Å². The second-order valence-electron chi connectivity index (χ2n) is 12.3. The lowest BCUT2D eigenvalue weighted by atomic mass is 9.64. The first kappa shape index (κ1) is 32.2. The number of sulfonamides is 1. The van der Waals surface area contributed by atoms with Gasteiger partial charge < -0.3 is 14.5 Å². The predicted molar refractivity (Wildman–Crippen MR) is 179 cm³/mol. The third kappa shape index (κ3) is 5.69. The summed E-state index contributed by atoms with van der Waals surface area (Å²) in [5.41, 5.74) is 3.65. The van der Waals surface area contributed by atoms with Crippen LogP contribution in [0.3, 0.4) is 0 Å². The van der Waals surface area contributed by atoms with E-state index in [2.05, 4.69) is 19.6 Å². The number of amides is 1. The van der Waals surface area contributed by atoms with E-state index in [1.165, 1.54) is 37.5 Å². The lowest BCUT2D eigenvalue weighted by molar-refractivity contribution is -0.125. The van der Waals surface area contributed by atoms with Crippen molar-refractivity contribution in [3.05, 3.63) is 72.3 Å². The minimum Gasteiger partial charge on any atom is -0.476 e. The molecule has 4 aromatic rings. The maximum absolute atomic E-state index is 14.6. The number of hydrogen-bond donors (Lipinski definition) is 1. The molecule has 1 N–H and O–H groups in total. The first-order valence-corrected chi connectivity index (χ1v) is 17.1. The fraction of sp³-hybridized carbons (Fsp3) is 0.382. The number of nitrogens with zero attached hydrogens (tertiary/aromatic N) is 4. The number of fused-ring (bicyclic) bond motifs is 4. The number of carbonyl (C=O) groups is 1. The number of pyridine rings is 2. The molecule has 0 atom stereocenters. The molecule has 1 spiro atoms. The van der Waals surface area contributed by atoms with Crippen LogP contribution in [0.15, 0.2) is 65.8 Å². The van der Waals surface area contributed by atoms with Crippen molar-refractivity contribution in [2.75, 3.05) is 42.9 Å². The number of benzene rings is 2. The highest BCUT2D eigenvalue weighted by Crippen LogP contribution is 2.55. The van der Waals surface area contributed by atoms with Gasteiger partial charge in [0.2, 0.25) is 11.8 Å². The molecule has 1 saturated carbocycles. The molecule has 2 aromatic heterocycles. The van der Waals surface area contributed by atoms with E-state index < -0.39 is 26.2 Å². The Hall–Kier alpha value is -3.80. The Balaban J connectivity index is 0.00000372. The summed E-state index contributed by atoms with van der Waals surface area (Å²) in [5.74, 6) is -0.614. The maximum Gasteiger partial charge on any atom is 0.264 e. The molecule has 12 heteroatoms. The van der Waals surface area contributed by atoms with Gasteiger partial charge in [-0.05, 0) is 81.1 Å². The number of likely N-dealkylation sites (N-methyl/N-ethyl adjacent to an activating group) is 1. The fourth-order valence-corrected chi connectivity index (χ4v) is 8.08. The van der Waals surface area contributed by atoms with Crippen molar-refractivity contribution >= 4 is 50.6 Å². The monoisotopic (exact) mass is 665 g/mol. The standard InChI is InChI=1S/C34H36FN5O4S.ClH/c1-39-29-22-36-27-12-11-23(19-25(27)31(29)34(33(39)41)13-7-14-34)24-20-28(38-45(42,43)30-10-4-3-9-26(30)35)32(37-21-24)44-18-8-17-40-15-5-2-6-16-40;/h3-4,9-12,19-22,38H,2,5-8,13-18H2,1H3;1H. The second-order valence-corrected chi connectivity index (χ2v) is 13.9. The number of ether oxygens (including phenoxy) is 1. The number of hydrogen-bond acceptors (Lipinski definition) is 7. The van der Waals surface area contributed by atoms with E-state index in [9.17, 15) is 17.6 Å². The van der Waals surface area contributed by atoms with Crippen molar-refractivity contribution in [3.8, 4) is 17.0 Å². The van der Waals surface area contributed by atoms with Crippen LogP contribution in [0.2, 0.25) is 0 Å². The van der Waals surface area contributed by atoms with Crippen molar-refractivity contribution < 1.29 is 22.3 Å². The molecule has 46 heavy (non-hydrogen) atoms. The number of carbonyl (C=O) groups excluding carboxylic acids is 1. The van der Waals surface area contributed by atoms with E-state index in [1.807, 2.05) is 18.2 Å². The average Bonchev–Trinajstić information content (AvgIpc) is 3.27. The zero-order valence-electron chi connectivity index (χ0n) is 25.7. The van der Waals surface area contributed by atoms with Gasteiger partial charge >= 0.3 is 0 Å². The van der Waals surface area contributed by atoms with Gasteiger partial charge in [0.25, 0.3) is 10.0 Å². The molecular formula is C34H37ClFN5O4S. The van der Waals surface area contributed by atoms with Gasteiger partial charge in [-0.3, -0.25) is 14.5 Å². The van der Waals surface area contributed by atoms with Crippen molar-refractivity contribution in [3.63, 3.8) is 0 Å². The SMILES string of the molecule is CN1C(=O)C2(CCC2)c2c1cnc1ccc(-c3cnc(OCCCN4CCCCC4)c(NS(=O)(=O)c4ccccc4F)c3)cc21.Cl. The van der Waals surface area contributed by atoms with E-state index >= 15 is 0 Å². The lowest BCUT2D eigenvalue weighted by Crippen LogP contribution is -2.43. The number of halogens is 2. The molecule has 0 bridgehead atoms. The summed E-state index contributed by atoms with van der Waals surface area (Å²) < 4.78 is 49.8. The van der Waals surface area contributed by atoms with Crippen LogP contribution in [0.5, 0.6) is 5.88 Å². The molecule has 4 heterocycles. The first-order valence-electron chi connectivity index (χ1n) is 15.6. The van der Waals surface area contributed by atoms with E-state index in [4.69, 9.17) is 4.74 Å². The molecule has 242 valence electrons. The van der Waals surface area contributed by atoms with Gasteiger partial charge in [-0.25, -0.2) is 17.8 Å². The Labute approximate surface area is 274 Å². The van der Waals surface area contributed by atoms with E-state index in [0.717, 1.165) is 79.1 Å². The number of anilines is 2. The summed E-state index contributed by atoms with van der Waals surface area (Å²) in [6.45, 7) is 3.41. The molecule has 3 aliphatic rings. The lowest BCUT2D eigenvalue weighted by Gasteiger charge is -2.37. The van der Waals surface area contributed by atoms with Gasteiger partial charge in [0, 0.05) is 36.3 Å². The number of nitrogens with one attached hydrogen (secondary N) is 1. The molecule has 1 amide bonds. The van der Waals surface area contributed by atoms with Gasteiger partial charge in [0.05, 0.1) is 29.4 Å². The van der Waals surface area contributed by atoms with Gasteiger partial charge in [-0.2, -0.15) is 0 Å². The summed E-state index contributed by atoms with van der Waals surface area (Å²) in [4.78, 5) is 26.1. The smallest absolute Gasteiger partial charge is 0.264 e. The Bertz CT molecular complexity index is 1900. The molecule has 0 unspecified atom stereocenters. The summed E-state index contributed by atoms with van der Waals surface area (Å²) in [6, 6.07) is 12.7. The summed E-state index contributed by atoms with van der Waals surface area (Å²) in [6.07, 6.45) is 10.5. The molecule has 9 nitrogen and oxygen atoms in total. The number of likely N-dealkylation sites (tertiary alicyclic amines) is 1. The van der Waals surface area contributed by atoms with Crippen LogP contribution in [-0.2, 0) is 20.2 Å². The highest BCUT2D eigenvalue weighted by Gasteiger charge is 2.54. The van der Waals surface area contributed by atoms with Gasteiger partial charge in [-0.15, -0.1) is 12.4 Å². The van der Waals surface area contributed by atoms with Crippen LogP contribution >= 0.6 is 12.4 Å². The second kappa shape index (κ2) is 12.8. The maximum atomic E-state index is 14.6. The van der Waals surface area contributed by atoms with E-state index in [0.29, 0.717) is 12.2 Å². The van der Waals surface area contributed by atoms with E-state index in [1.54, 1.807) is 30.4 Å². The zero-order valence-corrected chi connectivity index (χ0v) is 27.3. The summed E-state index contributed by atoms with van der Waals surface area (Å²) in [5, 5.41) is 0.897. The van der Waals surface area contributed by atoms with Crippen LogP contribution in [0.4, 0.5) is 15.8 Å². The molecule has 2 fully saturated rings. The normalized spacial score (nSPS) is 17.4. The van der Waals surface area contributed by atoms with Crippen LogP contribution in [0, 0.1) is 5.82 Å². The van der Waals surface area contributed by atoms with Crippen LogP contribution in [0.1, 0.15) is 50.5 Å². The minimum atomic E-state index is -4.29. The van der Waals surface area contributed by atoms with Crippen molar-refractivity contribution in [1.29, 1.82) is 0 Å². The Morgan fingerprint density at radius 3 is 2.50 bits per heavy atom. The van der Waals surface area contributed by atoms with Gasteiger partial charge in [-0.1, -0.05) is 31.0 Å². The topological polar surface area (TPSA) is 105 Å². The molecule has 0 radical (unpaired) electrons. The predicted octanol–water partition coefficient (Wildman–Crippen LogP) is 6.31. The molecule has 7 rings (SSSR count). The van der Waals surface area contributed by atoms with E-state index in [-0.39, 0.29) is 29.9 Å². The van der Waals surface area contributed by atoms with Crippen LogP contribution < -0.4 is 14.4 Å². The highest BCUT2D eigenvalue weighted by molar-refractivity contribution is 7.92. The number of rotatable bonds is 9.